The number of rotatable bonds is 6. The molecule has 0 radical (unpaired) electrons. The highest BCUT2D eigenvalue weighted by atomic mass is 15.3. The average molecular weight is 545 g/mol. The van der Waals surface area contributed by atoms with E-state index in [4.69, 9.17) is 11.5 Å². The van der Waals surface area contributed by atoms with E-state index in [-0.39, 0.29) is 45.3 Å². The van der Waals surface area contributed by atoms with E-state index in [1.807, 2.05) is 36.4 Å². The summed E-state index contributed by atoms with van der Waals surface area (Å²) in [6.07, 6.45) is 3.21. The van der Waals surface area contributed by atoms with Gasteiger partial charge >= 0.3 is 0 Å². The van der Waals surface area contributed by atoms with Crippen molar-refractivity contribution in [1.82, 2.24) is 19.6 Å². The first kappa shape index (κ1) is 26.7. The van der Waals surface area contributed by atoms with Crippen LogP contribution in [-0.2, 0) is 0 Å². The second kappa shape index (κ2) is 11.5. The molecule has 5 aromatic rings. The summed E-state index contributed by atoms with van der Waals surface area (Å²) < 4.78 is 2.86. The Morgan fingerprint density at radius 1 is 0.571 bits per heavy atom. The van der Waals surface area contributed by atoms with Crippen molar-refractivity contribution in [3.05, 3.63) is 119 Å². The molecule has 42 heavy (non-hydrogen) atoms. The molecule has 0 amide bonds. The van der Waals surface area contributed by atoms with Crippen LogP contribution in [0.4, 0.5) is 11.6 Å². The third kappa shape index (κ3) is 4.95. The Bertz CT molecular complexity index is 1870. The van der Waals surface area contributed by atoms with E-state index in [1.165, 1.54) is 9.36 Å². The molecular weight excluding hydrogens is 524 g/mol. The third-order valence-electron chi connectivity index (χ3n) is 6.38. The zero-order valence-corrected chi connectivity index (χ0v) is 22.0. The Labute approximate surface area is 241 Å². The minimum atomic E-state index is 0.104. The number of hydrogen-bond donors (Lipinski definition) is 2. The van der Waals surface area contributed by atoms with Crippen molar-refractivity contribution in [2.75, 3.05) is 11.5 Å². The highest BCUT2D eigenvalue weighted by molar-refractivity contribution is 5.93. The number of aromatic nitrogens is 4. The molecule has 0 aliphatic heterocycles. The molecule has 0 aliphatic carbocycles. The van der Waals surface area contributed by atoms with E-state index >= 15 is 0 Å². The van der Waals surface area contributed by atoms with E-state index in [9.17, 15) is 21.0 Å². The van der Waals surface area contributed by atoms with Crippen LogP contribution in [0.25, 0.3) is 34.7 Å². The maximum Gasteiger partial charge on any atom is 0.145 e. The smallest absolute Gasteiger partial charge is 0.145 e. The number of para-hydroxylation sites is 2. The Hall–Kier alpha value is -6.88. The summed E-state index contributed by atoms with van der Waals surface area (Å²) in [4.78, 5) is 0. The Balaban J connectivity index is 1.48. The monoisotopic (exact) mass is 544 g/mol. The first-order valence-electron chi connectivity index (χ1n) is 12.5. The lowest BCUT2D eigenvalue weighted by molar-refractivity contribution is 0.885. The molecule has 10 nitrogen and oxygen atoms in total. The van der Waals surface area contributed by atoms with Crippen molar-refractivity contribution in [1.29, 1.82) is 21.0 Å². The molecule has 2 heterocycles. The Kier molecular flexibility index (Phi) is 7.30. The van der Waals surface area contributed by atoms with Crippen molar-refractivity contribution >= 4 is 34.9 Å². The highest BCUT2D eigenvalue weighted by Gasteiger charge is 2.21. The van der Waals surface area contributed by atoms with Crippen LogP contribution in [-0.4, -0.2) is 19.6 Å². The van der Waals surface area contributed by atoms with Gasteiger partial charge in [-0.1, -0.05) is 60.7 Å². The van der Waals surface area contributed by atoms with E-state index in [0.717, 1.165) is 0 Å². The first-order chi connectivity index (χ1) is 20.5. The quantitative estimate of drug-likeness (QED) is 0.277. The molecular formula is C32H20N10. The van der Waals surface area contributed by atoms with Crippen molar-refractivity contribution < 1.29 is 0 Å². The van der Waals surface area contributed by atoms with Gasteiger partial charge in [-0.15, -0.1) is 0 Å². The fraction of sp³-hybridized carbons (Fsp3) is 0. The number of nitriles is 4. The number of benzene rings is 3. The second-order valence-corrected chi connectivity index (χ2v) is 8.94. The summed E-state index contributed by atoms with van der Waals surface area (Å²) in [5.74, 6) is 0.271. The topological polar surface area (TPSA) is 183 Å². The second-order valence-electron chi connectivity index (χ2n) is 8.94. The largest absolute Gasteiger partial charge is 0.382 e. The van der Waals surface area contributed by atoms with Gasteiger partial charge in [0.2, 0.25) is 0 Å². The molecule has 0 fully saturated rings. The lowest BCUT2D eigenvalue weighted by Crippen LogP contribution is -2.02. The van der Waals surface area contributed by atoms with Gasteiger partial charge in [0, 0.05) is 0 Å². The van der Waals surface area contributed by atoms with E-state index in [1.54, 1.807) is 60.7 Å². The average Bonchev–Trinajstić information content (AvgIpc) is 3.55. The molecule has 3 aromatic carbocycles. The molecule has 0 saturated carbocycles. The van der Waals surface area contributed by atoms with Gasteiger partial charge in [0.25, 0.3) is 0 Å². The third-order valence-corrected chi connectivity index (χ3v) is 6.38. The SMILES string of the molecule is N#C/C(=C/c1ccc(/C=C(/C#N)c2nn(-c3ccccc3)c(N)c2C#N)cc1)c1nn(-c2ccccc2)c(N)c1C#N. The normalized spacial score (nSPS) is 11.2. The molecule has 0 bridgehead atoms. The lowest BCUT2D eigenvalue weighted by atomic mass is 10.0. The minimum Gasteiger partial charge on any atom is -0.382 e. The summed E-state index contributed by atoms with van der Waals surface area (Å²) in [7, 11) is 0. The van der Waals surface area contributed by atoms with Crippen LogP contribution >= 0.6 is 0 Å². The standard InChI is InChI=1S/C32H20N10/c33-17-23(29-27(19-35)31(37)41(39-29)25-7-3-1-4-8-25)15-21-11-13-22(14-12-21)16-24(18-34)30-28(20-36)32(38)42(40-30)26-9-5-2-6-10-26/h1-16H,37-38H2/b23-15-,24-16-. The fourth-order valence-electron chi connectivity index (χ4n) is 4.32. The Morgan fingerprint density at radius 3 is 1.24 bits per heavy atom. The number of nitrogens with zero attached hydrogens (tertiary/aromatic N) is 8. The molecule has 0 saturated heterocycles. The van der Waals surface area contributed by atoms with Gasteiger partial charge in [0.15, 0.2) is 0 Å². The van der Waals surface area contributed by atoms with Gasteiger partial charge < -0.3 is 11.5 Å². The summed E-state index contributed by atoms with van der Waals surface area (Å²) in [6.45, 7) is 0. The van der Waals surface area contributed by atoms with Crippen LogP contribution in [0, 0.1) is 45.3 Å². The first-order valence-corrected chi connectivity index (χ1v) is 12.5. The van der Waals surface area contributed by atoms with Crippen molar-refractivity contribution in [2.24, 2.45) is 0 Å². The van der Waals surface area contributed by atoms with Crippen molar-refractivity contribution in [3.8, 4) is 35.7 Å². The minimum absolute atomic E-state index is 0.104. The van der Waals surface area contributed by atoms with E-state index in [0.29, 0.717) is 22.5 Å². The maximum absolute atomic E-state index is 9.91. The van der Waals surface area contributed by atoms with Gasteiger partial charge in [-0.25, -0.2) is 9.36 Å². The van der Waals surface area contributed by atoms with Crippen LogP contribution in [0.1, 0.15) is 33.6 Å². The number of allylic oxidation sites excluding steroid dienone is 2. The van der Waals surface area contributed by atoms with Crippen molar-refractivity contribution in [2.45, 2.75) is 0 Å². The number of nitrogens with two attached hydrogens (primary N) is 2. The summed E-state index contributed by atoms with van der Waals surface area (Å²) in [6, 6.07) is 33.5. The number of anilines is 2. The zero-order valence-electron chi connectivity index (χ0n) is 22.0. The van der Waals surface area contributed by atoms with Gasteiger partial charge in [-0.05, 0) is 47.5 Å². The van der Waals surface area contributed by atoms with Crippen LogP contribution in [0.15, 0.2) is 84.9 Å². The molecule has 2 aromatic heterocycles. The number of hydrogen-bond acceptors (Lipinski definition) is 8. The predicted molar refractivity (Wildman–Crippen MR) is 159 cm³/mol. The molecule has 0 atom stereocenters. The molecule has 0 spiro atoms. The fourth-order valence-corrected chi connectivity index (χ4v) is 4.32. The zero-order chi connectivity index (χ0) is 29.6. The summed E-state index contributed by atoms with van der Waals surface area (Å²) in [5.41, 5.74) is 15.9. The molecule has 198 valence electrons. The van der Waals surface area contributed by atoms with Gasteiger partial charge in [-0.3, -0.25) is 0 Å². The van der Waals surface area contributed by atoms with Gasteiger partial charge in [0.1, 0.15) is 58.4 Å². The van der Waals surface area contributed by atoms with Crippen molar-refractivity contribution in [3.63, 3.8) is 0 Å². The van der Waals surface area contributed by atoms with Gasteiger partial charge in [-0.2, -0.15) is 31.2 Å². The molecule has 4 N–H and O–H groups in total. The van der Waals surface area contributed by atoms with Crippen LogP contribution in [0.5, 0.6) is 0 Å². The van der Waals surface area contributed by atoms with E-state index < -0.39 is 0 Å². The Morgan fingerprint density at radius 2 is 0.929 bits per heavy atom. The lowest BCUT2D eigenvalue weighted by Gasteiger charge is -2.02. The number of nitrogen functional groups attached to an aromatic ring is 2. The molecule has 5 rings (SSSR count). The predicted octanol–water partition coefficient (Wildman–Crippen LogP) is 5.09. The highest BCUT2D eigenvalue weighted by Crippen LogP contribution is 2.29. The molecule has 10 heteroatoms. The summed E-state index contributed by atoms with van der Waals surface area (Å²) in [5, 5.41) is 48.2. The van der Waals surface area contributed by atoms with Crippen LogP contribution in [0.2, 0.25) is 0 Å². The molecule has 0 aliphatic rings. The van der Waals surface area contributed by atoms with E-state index in [2.05, 4.69) is 34.5 Å². The molecule has 0 unspecified atom stereocenters. The van der Waals surface area contributed by atoms with Crippen LogP contribution < -0.4 is 11.5 Å². The van der Waals surface area contributed by atoms with Gasteiger partial charge in [0.05, 0.1) is 22.5 Å². The van der Waals surface area contributed by atoms with Crippen LogP contribution in [0.3, 0.4) is 0 Å². The summed E-state index contributed by atoms with van der Waals surface area (Å²) >= 11 is 0. The maximum atomic E-state index is 9.91.